The Morgan fingerprint density at radius 3 is 2.42 bits per heavy atom. The third kappa shape index (κ3) is 2.95. The van der Waals surface area contributed by atoms with E-state index in [1.807, 2.05) is 18.2 Å². The predicted molar refractivity (Wildman–Crippen MR) is 100 cm³/mol. The Kier molecular flexibility index (Phi) is 4.36. The second-order valence-corrected chi connectivity index (χ2v) is 8.30. The lowest BCUT2D eigenvalue weighted by Gasteiger charge is -2.47. The number of fused-ring (bicyclic) bond motifs is 1. The summed E-state index contributed by atoms with van der Waals surface area (Å²) in [5.74, 6) is -0.230. The van der Waals surface area contributed by atoms with E-state index in [9.17, 15) is 8.78 Å². The summed E-state index contributed by atoms with van der Waals surface area (Å²) in [6, 6.07) is 12.2. The van der Waals surface area contributed by atoms with Crippen LogP contribution in [0.2, 0.25) is 0 Å². The zero-order valence-electron chi connectivity index (χ0n) is 15.7. The summed E-state index contributed by atoms with van der Waals surface area (Å²) < 4.78 is 28.2. The summed E-state index contributed by atoms with van der Waals surface area (Å²) in [6.07, 6.45) is 0.849. The van der Waals surface area contributed by atoms with Crippen molar-refractivity contribution in [3.63, 3.8) is 0 Å². The number of hydrogen-bond acceptors (Lipinski definition) is 2. The molecule has 2 aromatic carbocycles. The molecule has 1 aliphatic heterocycles. The average molecular weight is 356 g/mol. The van der Waals surface area contributed by atoms with Gasteiger partial charge in [0.05, 0.1) is 0 Å². The quantitative estimate of drug-likeness (QED) is 0.778. The fourth-order valence-electron chi connectivity index (χ4n) is 4.56. The highest BCUT2D eigenvalue weighted by atomic mass is 19.1. The van der Waals surface area contributed by atoms with E-state index in [1.54, 1.807) is 12.1 Å². The number of nitrogens with zero attached hydrogens (tertiary/aromatic N) is 2. The predicted octanol–water partition coefficient (Wildman–Crippen LogP) is 4.57. The Hall–Kier alpha value is -1.78. The van der Waals surface area contributed by atoms with E-state index in [2.05, 4.69) is 30.7 Å². The molecule has 0 bridgehead atoms. The third-order valence-corrected chi connectivity index (χ3v) is 6.31. The molecule has 1 heterocycles. The van der Waals surface area contributed by atoms with E-state index in [-0.39, 0.29) is 29.1 Å². The van der Waals surface area contributed by atoms with Crippen LogP contribution in [-0.4, -0.2) is 42.0 Å². The fraction of sp³-hybridized carbons (Fsp3) is 0.455. The Bertz CT molecular complexity index is 800. The maximum Gasteiger partial charge on any atom is 0.128 e. The van der Waals surface area contributed by atoms with Crippen molar-refractivity contribution >= 4 is 0 Å². The van der Waals surface area contributed by atoms with Crippen molar-refractivity contribution < 1.29 is 8.78 Å². The van der Waals surface area contributed by atoms with Crippen molar-refractivity contribution in [1.29, 1.82) is 0 Å². The van der Waals surface area contributed by atoms with Crippen LogP contribution in [0.15, 0.2) is 42.5 Å². The van der Waals surface area contributed by atoms with Crippen LogP contribution in [0.25, 0.3) is 0 Å². The molecule has 2 nitrogen and oxygen atoms in total. The molecule has 26 heavy (non-hydrogen) atoms. The number of rotatable bonds is 2. The number of benzene rings is 2. The molecule has 1 saturated heterocycles. The normalized spacial score (nSPS) is 26.0. The first kappa shape index (κ1) is 17.6. The minimum absolute atomic E-state index is 0.0671. The highest BCUT2D eigenvalue weighted by molar-refractivity contribution is 5.45. The Balaban J connectivity index is 1.71. The van der Waals surface area contributed by atoms with Gasteiger partial charge in [0.2, 0.25) is 0 Å². The first-order valence-electron chi connectivity index (χ1n) is 9.36. The van der Waals surface area contributed by atoms with Gasteiger partial charge in [0.15, 0.2) is 0 Å². The largest absolute Gasteiger partial charge is 0.299 e. The van der Waals surface area contributed by atoms with Gasteiger partial charge < -0.3 is 0 Å². The molecule has 0 aromatic heterocycles. The second kappa shape index (κ2) is 6.43. The molecule has 0 amide bonds. The number of likely N-dealkylation sites (N-methyl/N-ethyl adjacent to an activating group) is 1. The highest BCUT2D eigenvalue weighted by Gasteiger charge is 2.41. The molecule has 4 rings (SSSR count). The molecule has 2 aliphatic rings. The number of halogens is 2. The number of piperazine rings is 1. The average Bonchev–Trinajstić information content (AvgIpc) is 2.99. The molecule has 1 aliphatic carbocycles. The number of hydrogen-bond donors (Lipinski definition) is 0. The molecule has 0 radical (unpaired) electrons. The smallest absolute Gasteiger partial charge is 0.128 e. The molecule has 2 aromatic rings. The van der Waals surface area contributed by atoms with E-state index >= 15 is 0 Å². The summed E-state index contributed by atoms with van der Waals surface area (Å²) in [7, 11) is 2.15. The van der Waals surface area contributed by atoms with E-state index < -0.39 is 0 Å². The van der Waals surface area contributed by atoms with Gasteiger partial charge in [-0.15, -0.1) is 0 Å². The molecular formula is C22H26F2N2. The van der Waals surface area contributed by atoms with Gasteiger partial charge in [-0.05, 0) is 56.6 Å². The monoisotopic (exact) mass is 356 g/mol. The molecule has 4 heteroatoms. The lowest BCUT2D eigenvalue weighted by atomic mass is 9.93. The van der Waals surface area contributed by atoms with Gasteiger partial charge in [-0.1, -0.05) is 24.3 Å². The maximum atomic E-state index is 14.8. The van der Waals surface area contributed by atoms with Crippen molar-refractivity contribution in [3.05, 3.63) is 70.8 Å². The van der Waals surface area contributed by atoms with Crippen molar-refractivity contribution in [1.82, 2.24) is 9.80 Å². The van der Waals surface area contributed by atoms with Crippen LogP contribution in [0.4, 0.5) is 8.78 Å². The van der Waals surface area contributed by atoms with Gasteiger partial charge in [-0.2, -0.15) is 0 Å². The molecule has 0 spiro atoms. The van der Waals surface area contributed by atoms with Crippen LogP contribution < -0.4 is 0 Å². The van der Waals surface area contributed by atoms with Crippen LogP contribution in [0, 0.1) is 11.6 Å². The first-order valence-corrected chi connectivity index (χ1v) is 9.36. The molecule has 0 unspecified atom stereocenters. The lowest BCUT2D eigenvalue weighted by Crippen LogP contribution is -2.58. The summed E-state index contributed by atoms with van der Waals surface area (Å²) in [5.41, 5.74) is 3.02. The van der Waals surface area contributed by atoms with Crippen molar-refractivity contribution in [3.8, 4) is 0 Å². The van der Waals surface area contributed by atoms with Gasteiger partial charge in [0.1, 0.15) is 11.6 Å². The summed E-state index contributed by atoms with van der Waals surface area (Å²) in [6.45, 7) is 7.32. The zero-order valence-corrected chi connectivity index (χ0v) is 15.7. The molecule has 0 N–H and O–H groups in total. The van der Waals surface area contributed by atoms with Gasteiger partial charge >= 0.3 is 0 Å². The molecule has 0 saturated carbocycles. The maximum absolute atomic E-state index is 14.8. The highest BCUT2D eigenvalue weighted by Crippen LogP contribution is 2.48. The van der Waals surface area contributed by atoms with Crippen LogP contribution in [-0.2, 0) is 0 Å². The molecule has 2 atom stereocenters. The van der Waals surface area contributed by atoms with Gasteiger partial charge in [0, 0.05) is 42.7 Å². The summed E-state index contributed by atoms with van der Waals surface area (Å²) in [5, 5.41) is 0. The van der Waals surface area contributed by atoms with Crippen molar-refractivity contribution in [2.45, 2.75) is 37.8 Å². The van der Waals surface area contributed by atoms with E-state index in [0.29, 0.717) is 0 Å². The Morgan fingerprint density at radius 1 is 1.00 bits per heavy atom. The standard InChI is InChI=1S/C22H26F2N2/c1-22(2)14-26(12-11-25(22)3)20-13-18(15-7-9-16(23)10-8-15)17-5-4-6-19(24)21(17)20/h4-10,18,20H,11-14H2,1-3H3/t18-,20+/m1/s1. The minimum Gasteiger partial charge on any atom is -0.299 e. The van der Waals surface area contributed by atoms with E-state index in [0.717, 1.165) is 42.7 Å². The van der Waals surface area contributed by atoms with E-state index in [4.69, 9.17) is 0 Å². The van der Waals surface area contributed by atoms with Gasteiger partial charge in [-0.3, -0.25) is 9.80 Å². The topological polar surface area (TPSA) is 6.48 Å². The van der Waals surface area contributed by atoms with Gasteiger partial charge in [0.25, 0.3) is 0 Å². The fourth-order valence-corrected chi connectivity index (χ4v) is 4.56. The summed E-state index contributed by atoms with van der Waals surface area (Å²) in [4.78, 5) is 4.81. The van der Waals surface area contributed by atoms with Crippen LogP contribution >= 0.6 is 0 Å². The zero-order chi connectivity index (χ0) is 18.5. The van der Waals surface area contributed by atoms with Crippen molar-refractivity contribution in [2.24, 2.45) is 0 Å². The third-order valence-electron chi connectivity index (χ3n) is 6.31. The Labute approximate surface area is 154 Å². The molecular weight excluding hydrogens is 330 g/mol. The van der Waals surface area contributed by atoms with Crippen molar-refractivity contribution in [2.75, 3.05) is 26.7 Å². The van der Waals surface area contributed by atoms with Gasteiger partial charge in [-0.25, -0.2) is 8.78 Å². The molecule has 138 valence electrons. The van der Waals surface area contributed by atoms with Crippen LogP contribution in [0.1, 0.15) is 48.9 Å². The molecule has 1 fully saturated rings. The minimum atomic E-state index is -0.233. The SMILES string of the molecule is CN1CCN([C@H]2C[C@H](c3ccc(F)cc3)c3cccc(F)c32)CC1(C)C. The Morgan fingerprint density at radius 2 is 1.73 bits per heavy atom. The van der Waals surface area contributed by atoms with Crippen LogP contribution in [0.3, 0.4) is 0 Å². The summed E-state index contributed by atoms with van der Waals surface area (Å²) >= 11 is 0. The van der Waals surface area contributed by atoms with E-state index in [1.165, 1.54) is 12.1 Å². The second-order valence-electron chi connectivity index (χ2n) is 8.30. The first-order chi connectivity index (χ1) is 12.4. The van der Waals surface area contributed by atoms with Crippen LogP contribution in [0.5, 0.6) is 0 Å². The lowest BCUT2D eigenvalue weighted by molar-refractivity contribution is 0.0152.